The van der Waals surface area contributed by atoms with Gasteiger partial charge in [0, 0.05) is 13.0 Å². The largest absolute Gasteiger partial charge is 0.357 e. The lowest BCUT2D eigenvalue weighted by atomic mass is 10.3. The lowest BCUT2D eigenvalue weighted by molar-refractivity contribution is 0.261. The summed E-state index contributed by atoms with van der Waals surface area (Å²) in [6.07, 6.45) is -0.469. The second-order valence-electron chi connectivity index (χ2n) is 3.74. The molecular weight excluding hydrogens is 270 g/mol. The molecule has 0 fully saturated rings. The Morgan fingerprint density at radius 3 is 1.65 bits per heavy atom. The zero-order valence-corrected chi connectivity index (χ0v) is 11.6. The monoisotopic (exact) mass is 290 g/mol. The van der Waals surface area contributed by atoms with E-state index in [1.54, 1.807) is 4.90 Å². The molecule has 0 unspecified atom stereocenters. The van der Waals surface area contributed by atoms with E-state index < -0.39 is 26.6 Å². The van der Waals surface area contributed by atoms with Crippen LogP contribution < -0.4 is 5.73 Å². The Labute approximate surface area is 100 Å². The molecule has 0 radical (unpaired) electrons. The average molecular weight is 290 g/mol. The standard InChI is InChI=1S/C7H20N2O6P2/c1-3-9(4-2)6-5-7(8,16(10,11)12)17(13,14)15/h3-6,8H2,1-2H3,(H2,10,11,12)(H2,13,14,15). The molecule has 0 aliphatic rings. The van der Waals surface area contributed by atoms with E-state index >= 15 is 0 Å². The third-order valence-electron chi connectivity index (χ3n) is 2.70. The van der Waals surface area contributed by atoms with Gasteiger partial charge in [0.15, 0.2) is 0 Å². The van der Waals surface area contributed by atoms with Gasteiger partial charge in [0.25, 0.3) is 0 Å². The van der Waals surface area contributed by atoms with Gasteiger partial charge in [-0.15, -0.1) is 0 Å². The highest BCUT2D eigenvalue weighted by Crippen LogP contribution is 2.67. The van der Waals surface area contributed by atoms with E-state index in [0.717, 1.165) is 0 Å². The zero-order chi connectivity index (χ0) is 13.9. The summed E-state index contributed by atoms with van der Waals surface area (Å²) >= 11 is 0. The quantitative estimate of drug-likeness (QED) is 0.401. The van der Waals surface area contributed by atoms with E-state index in [2.05, 4.69) is 0 Å². The highest BCUT2D eigenvalue weighted by molar-refractivity contribution is 7.72. The molecule has 104 valence electrons. The van der Waals surface area contributed by atoms with Crippen molar-refractivity contribution in [2.24, 2.45) is 5.73 Å². The summed E-state index contributed by atoms with van der Waals surface area (Å²) in [7, 11) is -10.2. The van der Waals surface area contributed by atoms with Gasteiger partial charge in [0.2, 0.25) is 5.02 Å². The van der Waals surface area contributed by atoms with Gasteiger partial charge in [-0.05, 0) is 13.1 Å². The van der Waals surface area contributed by atoms with Crippen LogP contribution in [0.3, 0.4) is 0 Å². The van der Waals surface area contributed by atoms with Crippen LogP contribution in [-0.4, -0.2) is 49.1 Å². The first-order valence-corrected chi connectivity index (χ1v) is 8.34. The Bertz CT molecular complexity index is 311. The Morgan fingerprint density at radius 2 is 1.41 bits per heavy atom. The van der Waals surface area contributed by atoms with Gasteiger partial charge in [-0.1, -0.05) is 13.8 Å². The van der Waals surface area contributed by atoms with Crippen molar-refractivity contribution in [1.82, 2.24) is 4.90 Å². The maximum absolute atomic E-state index is 11.1. The highest BCUT2D eigenvalue weighted by Gasteiger charge is 2.56. The predicted molar refractivity (Wildman–Crippen MR) is 63.4 cm³/mol. The molecule has 0 aromatic carbocycles. The Hall–Kier alpha value is 0.220. The van der Waals surface area contributed by atoms with Crippen molar-refractivity contribution in [3.63, 3.8) is 0 Å². The van der Waals surface area contributed by atoms with Crippen molar-refractivity contribution in [2.45, 2.75) is 25.3 Å². The molecule has 0 aliphatic heterocycles. The average Bonchev–Trinajstić information content (AvgIpc) is 2.15. The van der Waals surface area contributed by atoms with E-state index in [4.69, 9.17) is 25.3 Å². The minimum absolute atomic E-state index is 0.111. The van der Waals surface area contributed by atoms with E-state index in [9.17, 15) is 9.13 Å². The summed E-state index contributed by atoms with van der Waals surface area (Å²) in [4.78, 5) is 37.8. The molecule has 0 heterocycles. The van der Waals surface area contributed by atoms with Crippen molar-refractivity contribution >= 4 is 15.2 Å². The Balaban J connectivity index is 5.01. The van der Waals surface area contributed by atoms with Crippen molar-refractivity contribution in [3.8, 4) is 0 Å². The van der Waals surface area contributed by atoms with Gasteiger partial charge in [-0.25, -0.2) is 0 Å². The molecule has 0 atom stereocenters. The van der Waals surface area contributed by atoms with Crippen LogP contribution in [-0.2, 0) is 9.13 Å². The molecule has 0 bridgehead atoms. The number of rotatable bonds is 7. The molecule has 0 saturated heterocycles. The maximum atomic E-state index is 11.1. The SMILES string of the molecule is CCN(CC)CCC(N)(P(=O)(O)O)P(=O)(O)O. The van der Waals surface area contributed by atoms with Gasteiger partial charge < -0.3 is 30.2 Å². The van der Waals surface area contributed by atoms with Gasteiger partial charge in [0.1, 0.15) is 0 Å². The molecule has 0 aliphatic carbocycles. The summed E-state index contributed by atoms with van der Waals surface area (Å²) in [5, 5.41) is -2.80. The fourth-order valence-electron chi connectivity index (χ4n) is 1.32. The first-order chi connectivity index (χ1) is 7.49. The van der Waals surface area contributed by atoms with Crippen LogP contribution in [0.2, 0.25) is 0 Å². The van der Waals surface area contributed by atoms with Crippen LogP contribution in [0.5, 0.6) is 0 Å². The number of nitrogens with two attached hydrogens (primary N) is 1. The van der Waals surface area contributed by atoms with Crippen molar-refractivity contribution in [2.75, 3.05) is 19.6 Å². The molecule has 10 heteroatoms. The van der Waals surface area contributed by atoms with E-state index in [-0.39, 0.29) is 6.54 Å². The second-order valence-corrected chi connectivity index (χ2v) is 7.87. The molecule has 8 nitrogen and oxygen atoms in total. The van der Waals surface area contributed by atoms with Crippen molar-refractivity contribution < 1.29 is 28.7 Å². The summed E-state index contributed by atoms with van der Waals surface area (Å²) in [5.41, 5.74) is 5.26. The molecule has 0 spiro atoms. The maximum Gasteiger partial charge on any atom is 0.357 e. The summed E-state index contributed by atoms with van der Waals surface area (Å²) in [6.45, 7) is 4.98. The molecule has 17 heavy (non-hydrogen) atoms. The predicted octanol–water partition coefficient (Wildman–Crippen LogP) is -0.314. The van der Waals surface area contributed by atoms with Crippen LogP contribution in [0.4, 0.5) is 0 Å². The molecule has 0 rings (SSSR count). The van der Waals surface area contributed by atoms with Crippen LogP contribution >= 0.6 is 15.2 Å². The second kappa shape index (κ2) is 5.91. The first kappa shape index (κ1) is 17.2. The summed E-state index contributed by atoms with van der Waals surface area (Å²) in [5.74, 6) is 0. The fourth-order valence-corrected chi connectivity index (χ4v) is 3.46. The van der Waals surface area contributed by atoms with Gasteiger partial charge >= 0.3 is 15.2 Å². The zero-order valence-electron chi connectivity index (χ0n) is 9.85. The lowest BCUT2D eigenvalue weighted by Gasteiger charge is -2.32. The number of hydrogen-bond donors (Lipinski definition) is 5. The van der Waals surface area contributed by atoms with Crippen LogP contribution in [0.15, 0.2) is 0 Å². The van der Waals surface area contributed by atoms with Gasteiger partial charge in [-0.3, -0.25) is 9.13 Å². The van der Waals surface area contributed by atoms with Crippen LogP contribution in [0, 0.1) is 0 Å². The minimum atomic E-state index is -5.10. The third kappa shape index (κ3) is 4.12. The molecule has 0 saturated carbocycles. The molecule has 6 N–H and O–H groups in total. The molecule has 0 aromatic heterocycles. The lowest BCUT2D eigenvalue weighted by Crippen LogP contribution is -2.42. The Kier molecular flexibility index (Phi) is 5.98. The topological polar surface area (TPSA) is 144 Å². The highest BCUT2D eigenvalue weighted by atomic mass is 31.2. The molecule has 0 amide bonds. The molecule has 0 aromatic rings. The summed E-state index contributed by atoms with van der Waals surface area (Å²) in [6, 6.07) is 0. The normalized spacial score (nSPS) is 14.4. The van der Waals surface area contributed by atoms with Crippen molar-refractivity contribution in [3.05, 3.63) is 0 Å². The van der Waals surface area contributed by atoms with Crippen LogP contribution in [0.25, 0.3) is 0 Å². The first-order valence-electron chi connectivity index (χ1n) is 5.12. The third-order valence-corrected chi connectivity index (χ3v) is 6.73. The number of nitrogens with zero attached hydrogens (tertiary/aromatic N) is 1. The molecular formula is C7H20N2O6P2. The van der Waals surface area contributed by atoms with Crippen molar-refractivity contribution in [1.29, 1.82) is 0 Å². The van der Waals surface area contributed by atoms with E-state index in [0.29, 0.717) is 13.1 Å². The minimum Gasteiger partial charge on any atom is -0.323 e. The summed E-state index contributed by atoms with van der Waals surface area (Å²) < 4.78 is 22.3. The van der Waals surface area contributed by atoms with E-state index in [1.807, 2.05) is 13.8 Å². The van der Waals surface area contributed by atoms with E-state index in [1.165, 1.54) is 0 Å². The fraction of sp³-hybridized carbons (Fsp3) is 1.00. The van der Waals surface area contributed by atoms with Gasteiger partial charge in [-0.2, -0.15) is 0 Å². The van der Waals surface area contributed by atoms with Gasteiger partial charge in [0.05, 0.1) is 0 Å². The van der Waals surface area contributed by atoms with Crippen LogP contribution in [0.1, 0.15) is 20.3 Å². The number of hydrogen-bond acceptors (Lipinski definition) is 4. The smallest absolute Gasteiger partial charge is 0.323 e. The Morgan fingerprint density at radius 1 is 1.06 bits per heavy atom.